The van der Waals surface area contributed by atoms with Crippen LogP contribution in [0, 0.1) is 15.9 Å². The third-order valence-electron chi connectivity index (χ3n) is 2.29. The lowest BCUT2D eigenvalue weighted by molar-refractivity contribution is -0.385. The van der Waals surface area contributed by atoms with Gasteiger partial charge in [0.25, 0.3) is 0 Å². The van der Waals surface area contributed by atoms with Crippen LogP contribution in [0.1, 0.15) is 10.5 Å². The molecule has 0 aliphatic heterocycles. The summed E-state index contributed by atoms with van der Waals surface area (Å²) in [5, 5.41) is 19.6. The number of pyridine rings is 1. The quantitative estimate of drug-likeness (QED) is 0.681. The van der Waals surface area contributed by atoms with Gasteiger partial charge in [0.05, 0.1) is 4.92 Å². The summed E-state index contributed by atoms with van der Waals surface area (Å²) in [4.78, 5) is 24.3. The Hall–Kier alpha value is -3.03. The van der Waals surface area contributed by atoms with Crippen LogP contribution in [-0.2, 0) is 0 Å². The van der Waals surface area contributed by atoms with Crippen LogP contribution in [-0.4, -0.2) is 21.0 Å². The van der Waals surface area contributed by atoms with Gasteiger partial charge in [-0.1, -0.05) is 12.1 Å². The molecule has 0 bridgehead atoms. The van der Waals surface area contributed by atoms with Gasteiger partial charge in [-0.2, -0.15) is 0 Å². The predicted octanol–water partition coefficient (Wildman–Crippen LogP) is 2.62. The molecule has 0 atom stereocenters. The summed E-state index contributed by atoms with van der Waals surface area (Å²) in [5.41, 5.74) is -0.894. The summed E-state index contributed by atoms with van der Waals surface area (Å²) in [6.07, 6.45) is 0. The molecule has 1 heterocycles. The molecule has 2 aromatic rings. The van der Waals surface area contributed by atoms with Crippen molar-refractivity contribution in [2.75, 3.05) is 0 Å². The number of aromatic nitrogens is 1. The molecule has 0 aliphatic rings. The molecule has 1 N–H and O–H groups in total. The lowest BCUT2D eigenvalue weighted by Crippen LogP contribution is -2.02. The monoisotopic (exact) mass is 278 g/mol. The molecule has 0 radical (unpaired) electrons. The molecule has 1 aromatic heterocycles. The summed E-state index contributed by atoms with van der Waals surface area (Å²) >= 11 is 0. The second-order valence-corrected chi connectivity index (χ2v) is 3.61. The van der Waals surface area contributed by atoms with Gasteiger partial charge in [-0.25, -0.2) is 14.2 Å². The summed E-state index contributed by atoms with van der Waals surface area (Å²) in [6, 6.07) is 7.04. The molecule has 102 valence electrons. The number of para-hydroxylation sites is 1. The van der Waals surface area contributed by atoms with Crippen molar-refractivity contribution in [2.45, 2.75) is 0 Å². The predicted molar refractivity (Wildman–Crippen MR) is 64.3 cm³/mol. The number of carboxylic acid groups (broad SMARTS) is 1. The van der Waals surface area contributed by atoms with E-state index in [1.165, 1.54) is 24.3 Å². The van der Waals surface area contributed by atoms with Gasteiger partial charge in [-0.3, -0.25) is 10.1 Å². The minimum atomic E-state index is -1.29. The molecular weight excluding hydrogens is 271 g/mol. The van der Waals surface area contributed by atoms with E-state index < -0.39 is 28.1 Å². The lowest BCUT2D eigenvalue weighted by atomic mass is 10.3. The van der Waals surface area contributed by atoms with Gasteiger partial charge >= 0.3 is 11.7 Å². The Labute approximate surface area is 111 Å². The van der Waals surface area contributed by atoms with Crippen molar-refractivity contribution in [3.63, 3.8) is 0 Å². The van der Waals surface area contributed by atoms with Crippen molar-refractivity contribution in [1.29, 1.82) is 0 Å². The van der Waals surface area contributed by atoms with Crippen molar-refractivity contribution in [3.05, 3.63) is 58.0 Å². The number of carboxylic acids is 1. The van der Waals surface area contributed by atoms with E-state index in [0.717, 1.165) is 12.1 Å². The number of ether oxygens (including phenoxy) is 1. The van der Waals surface area contributed by atoms with E-state index in [1.807, 2.05) is 0 Å². The van der Waals surface area contributed by atoms with Gasteiger partial charge in [0.1, 0.15) is 0 Å². The average Bonchev–Trinajstić information content (AvgIpc) is 2.41. The second-order valence-electron chi connectivity index (χ2n) is 3.61. The van der Waals surface area contributed by atoms with Gasteiger partial charge in [0.15, 0.2) is 11.5 Å². The normalized spacial score (nSPS) is 10.1. The minimum Gasteiger partial charge on any atom is -0.477 e. The maximum Gasteiger partial charge on any atom is 0.354 e. The Morgan fingerprint density at radius 2 is 2.00 bits per heavy atom. The minimum absolute atomic E-state index is 0.252. The molecule has 0 aliphatic carbocycles. The van der Waals surface area contributed by atoms with E-state index in [4.69, 9.17) is 9.84 Å². The zero-order valence-electron chi connectivity index (χ0n) is 9.82. The Morgan fingerprint density at radius 1 is 1.30 bits per heavy atom. The number of rotatable bonds is 4. The number of halogens is 1. The number of benzene rings is 1. The van der Waals surface area contributed by atoms with Gasteiger partial charge in [-0.15, -0.1) is 0 Å². The first-order valence-electron chi connectivity index (χ1n) is 5.30. The van der Waals surface area contributed by atoms with E-state index in [2.05, 4.69) is 4.98 Å². The largest absolute Gasteiger partial charge is 0.477 e. The molecule has 0 saturated carbocycles. The van der Waals surface area contributed by atoms with Crippen molar-refractivity contribution < 1.29 is 24.0 Å². The van der Waals surface area contributed by atoms with Crippen LogP contribution in [0.25, 0.3) is 0 Å². The molecule has 20 heavy (non-hydrogen) atoms. The number of nitro benzene ring substituents is 1. The third-order valence-corrected chi connectivity index (χ3v) is 2.29. The lowest BCUT2D eigenvalue weighted by Gasteiger charge is -2.06. The SMILES string of the molecule is O=C(O)c1cccc(Oc2c(F)cccc2[N+](=O)[O-])n1. The second kappa shape index (κ2) is 5.31. The summed E-state index contributed by atoms with van der Waals surface area (Å²) in [7, 11) is 0. The van der Waals surface area contributed by atoms with E-state index in [-0.39, 0.29) is 11.6 Å². The van der Waals surface area contributed by atoms with Crippen LogP contribution < -0.4 is 4.74 Å². The molecule has 8 heteroatoms. The molecule has 7 nitrogen and oxygen atoms in total. The molecule has 2 rings (SSSR count). The highest BCUT2D eigenvalue weighted by atomic mass is 19.1. The molecule has 0 unspecified atom stereocenters. The topological polar surface area (TPSA) is 103 Å². The van der Waals surface area contributed by atoms with E-state index >= 15 is 0 Å². The number of nitrogens with zero attached hydrogens (tertiary/aromatic N) is 2. The van der Waals surface area contributed by atoms with E-state index in [1.54, 1.807) is 0 Å². The summed E-state index contributed by atoms with van der Waals surface area (Å²) in [5.74, 6) is -3.11. The van der Waals surface area contributed by atoms with Crippen LogP contribution in [0.15, 0.2) is 36.4 Å². The molecule has 0 spiro atoms. The molecule has 0 fully saturated rings. The zero-order valence-corrected chi connectivity index (χ0v) is 9.82. The molecule has 0 amide bonds. The molecule has 0 saturated heterocycles. The first kappa shape index (κ1) is 13.4. The Morgan fingerprint density at radius 3 is 2.65 bits per heavy atom. The van der Waals surface area contributed by atoms with Crippen molar-refractivity contribution in [2.24, 2.45) is 0 Å². The maximum atomic E-state index is 13.6. The fourth-order valence-electron chi connectivity index (χ4n) is 1.44. The fraction of sp³-hybridized carbons (Fsp3) is 0. The van der Waals surface area contributed by atoms with Crippen LogP contribution in [0.5, 0.6) is 11.6 Å². The van der Waals surface area contributed by atoms with Crippen LogP contribution >= 0.6 is 0 Å². The number of aromatic carboxylic acids is 1. The van der Waals surface area contributed by atoms with Gasteiger partial charge in [0.2, 0.25) is 11.6 Å². The van der Waals surface area contributed by atoms with Gasteiger partial charge in [-0.05, 0) is 12.1 Å². The Balaban J connectivity index is 2.42. The number of nitro groups is 1. The molecular formula is C12H7FN2O5. The van der Waals surface area contributed by atoms with E-state index in [9.17, 15) is 19.3 Å². The highest BCUT2D eigenvalue weighted by Crippen LogP contribution is 2.32. The first-order chi connectivity index (χ1) is 9.49. The van der Waals surface area contributed by atoms with Crippen LogP contribution in [0.3, 0.4) is 0 Å². The van der Waals surface area contributed by atoms with Crippen LogP contribution in [0.4, 0.5) is 10.1 Å². The Bertz CT molecular complexity index is 689. The number of hydrogen-bond acceptors (Lipinski definition) is 5. The number of carbonyl (C=O) groups is 1. The third kappa shape index (κ3) is 2.69. The van der Waals surface area contributed by atoms with E-state index in [0.29, 0.717) is 0 Å². The van der Waals surface area contributed by atoms with Gasteiger partial charge < -0.3 is 9.84 Å². The van der Waals surface area contributed by atoms with Gasteiger partial charge in [0, 0.05) is 12.1 Å². The highest BCUT2D eigenvalue weighted by Gasteiger charge is 2.21. The number of hydrogen-bond donors (Lipinski definition) is 1. The fourth-order valence-corrected chi connectivity index (χ4v) is 1.44. The van der Waals surface area contributed by atoms with Crippen molar-refractivity contribution >= 4 is 11.7 Å². The van der Waals surface area contributed by atoms with Crippen molar-refractivity contribution in [3.8, 4) is 11.6 Å². The van der Waals surface area contributed by atoms with Crippen molar-refractivity contribution in [1.82, 2.24) is 4.98 Å². The zero-order chi connectivity index (χ0) is 14.7. The smallest absolute Gasteiger partial charge is 0.354 e. The van der Waals surface area contributed by atoms with Crippen LogP contribution in [0.2, 0.25) is 0 Å². The average molecular weight is 278 g/mol. The molecule has 1 aromatic carbocycles. The Kier molecular flexibility index (Phi) is 3.56. The summed E-state index contributed by atoms with van der Waals surface area (Å²) < 4.78 is 18.6. The standard InChI is InChI=1S/C12H7FN2O5/c13-7-3-1-5-9(15(18)19)11(7)20-10-6-2-4-8(14-10)12(16)17/h1-6H,(H,16,17). The maximum absolute atomic E-state index is 13.6. The first-order valence-corrected chi connectivity index (χ1v) is 5.30. The summed E-state index contributed by atoms with van der Waals surface area (Å²) in [6.45, 7) is 0. The highest BCUT2D eigenvalue weighted by molar-refractivity contribution is 5.85.